The number of nitrogens with zero attached hydrogens (tertiary/aromatic N) is 1. The van der Waals surface area contributed by atoms with Crippen molar-refractivity contribution in [2.75, 3.05) is 0 Å². The number of carbonyl (C=O) groups is 2. The normalized spacial score (nSPS) is 16.5. The fourth-order valence-electron chi connectivity index (χ4n) is 4.21. The first kappa shape index (κ1) is 28.3. The van der Waals surface area contributed by atoms with Crippen molar-refractivity contribution in [3.05, 3.63) is 23.8 Å². The minimum atomic E-state index is -0.802. The summed E-state index contributed by atoms with van der Waals surface area (Å²) >= 11 is 0. The largest absolute Gasteiger partial charge is 0.481 e. The number of hydrogen-bond donors (Lipinski definition) is 3. The van der Waals surface area contributed by atoms with Gasteiger partial charge in [0.2, 0.25) is 0 Å². The number of nitrogens with one attached hydrogen (secondary N) is 2. The Hall–Kier alpha value is -2.97. The molecule has 1 aliphatic heterocycles. The third kappa shape index (κ3) is 9.30. The quantitative estimate of drug-likeness (QED) is 0.415. The molecule has 2 unspecified atom stereocenters. The zero-order valence-corrected chi connectivity index (χ0v) is 22.4. The molecule has 1 aromatic carbocycles. The van der Waals surface area contributed by atoms with Crippen molar-refractivity contribution < 1.29 is 23.8 Å². The van der Waals surface area contributed by atoms with Crippen LogP contribution >= 0.6 is 0 Å². The lowest BCUT2D eigenvalue weighted by molar-refractivity contribution is 0.0121. The van der Waals surface area contributed by atoms with Crippen LogP contribution in [0.4, 0.5) is 15.3 Å². The topological polar surface area (TPSA) is 124 Å². The summed E-state index contributed by atoms with van der Waals surface area (Å²) < 4.78 is 17.0. The number of carbonyl (C=O) groups excluding carboxylic acids is 2. The molecule has 0 bridgehead atoms. The maximum Gasteiger partial charge on any atom is 0.407 e. The molecule has 1 heterocycles. The minimum absolute atomic E-state index is 0.202. The molecule has 0 fully saturated rings. The van der Waals surface area contributed by atoms with Crippen molar-refractivity contribution in [2.24, 2.45) is 16.6 Å². The molecule has 196 valence electrons. The molecule has 9 heteroatoms. The molecule has 0 radical (unpaired) electrons. The first-order valence-electron chi connectivity index (χ1n) is 12.3. The van der Waals surface area contributed by atoms with Gasteiger partial charge >= 0.3 is 12.2 Å². The van der Waals surface area contributed by atoms with Crippen LogP contribution in [0.15, 0.2) is 23.2 Å². The van der Waals surface area contributed by atoms with E-state index < -0.39 is 23.4 Å². The summed E-state index contributed by atoms with van der Waals surface area (Å²) in [6, 6.07) is 5.29. The molecule has 4 N–H and O–H groups in total. The van der Waals surface area contributed by atoms with Gasteiger partial charge < -0.3 is 30.6 Å². The van der Waals surface area contributed by atoms with Gasteiger partial charge in [-0.15, -0.1) is 0 Å². The number of amidine groups is 1. The van der Waals surface area contributed by atoms with Gasteiger partial charge in [-0.1, -0.05) is 26.8 Å². The number of hydrogen-bond acceptors (Lipinski definition) is 7. The number of alkyl carbamates (subject to hydrolysis) is 2. The number of rotatable bonds is 10. The van der Waals surface area contributed by atoms with Crippen LogP contribution < -0.4 is 21.1 Å². The van der Waals surface area contributed by atoms with Gasteiger partial charge in [0.15, 0.2) is 6.10 Å². The van der Waals surface area contributed by atoms with E-state index in [4.69, 9.17) is 19.9 Å². The lowest BCUT2D eigenvalue weighted by Gasteiger charge is -2.31. The Labute approximate surface area is 209 Å². The maximum atomic E-state index is 12.5. The van der Waals surface area contributed by atoms with E-state index >= 15 is 0 Å². The van der Waals surface area contributed by atoms with E-state index in [1.807, 2.05) is 59.7 Å². The van der Waals surface area contributed by atoms with Gasteiger partial charge in [0.25, 0.3) is 0 Å². The molecule has 0 aromatic heterocycles. The van der Waals surface area contributed by atoms with Crippen LogP contribution in [-0.2, 0) is 16.0 Å². The number of fused-ring (bicyclic) bond motifs is 1. The van der Waals surface area contributed by atoms with Gasteiger partial charge in [0.05, 0.1) is 0 Å². The standard InChI is InChI=1S/C26H42N4O5/c1-9-19(29-24(32)35-25(5,6)13-16(2)3)14-26(7,8)34-23(31)28-15-18-10-11-21-20(12-18)30-22(27)17(4)33-21/h10-12,16-17,19H,9,13-15H2,1-8H3,(H2,27,30)(H,28,31)(H,29,32). The Morgan fingerprint density at radius 1 is 1.11 bits per heavy atom. The van der Waals surface area contributed by atoms with Crippen molar-refractivity contribution in [1.82, 2.24) is 10.6 Å². The third-order valence-electron chi connectivity index (χ3n) is 5.62. The molecular weight excluding hydrogens is 448 g/mol. The summed E-state index contributed by atoms with van der Waals surface area (Å²) in [5, 5.41) is 5.68. The molecule has 2 amide bonds. The Bertz CT molecular complexity index is 926. The third-order valence-corrected chi connectivity index (χ3v) is 5.62. The summed E-state index contributed by atoms with van der Waals surface area (Å²) in [5.74, 6) is 1.48. The van der Waals surface area contributed by atoms with E-state index in [2.05, 4.69) is 29.5 Å². The smallest absolute Gasteiger partial charge is 0.407 e. The highest BCUT2D eigenvalue weighted by molar-refractivity contribution is 5.89. The molecule has 9 nitrogen and oxygen atoms in total. The highest BCUT2D eigenvalue weighted by Crippen LogP contribution is 2.32. The molecule has 1 aliphatic rings. The van der Waals surface area contributed by atoms with Crippen LogP contribution in [0.2, 0.25) is 0 Å². The summed E-state index contributed by atoms with van der Waals surface area (Å²) in [4.78, 5) is 29.3. The summed E-state index contributed by atoms with van der Waals surface area (Å²) in [6.45, 7) is 15.7. The van der Waals surface area contributed by atoms with Crippen LogP contribution in [-0.4, -0.2) is 41.4 Å². The first-order valence-corrected chi connectivity index (χ1v) is 12.3. The fourth-order valence-corrected chi connectivity index (χ4v) is 4.21. The molecule has 1 aromatic rings. The highest BCUT2D eigenvalue weighted by atomic mass is 16.6. The monoisotopic (exact) mass is 490 g/mol. The van der Waals surface area contributed by atoms with Gasteiger partial charge in [0.1, 0.15) is 28.5 Å². The average Bonchev–Trinajstić information content (AvgIpc) is 2.70. The number of aliphatic imine (C=N–C) groups is 1. The van der Waals surface area contributed by atoms with E-state index in [-0.39, 0.29) is 18.7 Å². The van der Waals surface area contributed by atoms with Crippen LogP contribution in [0, 0.1) is 5.92 Å². The first-order chi connectivity index (χ1) is 16.2. The van der Waals surface area contributed by atoms with E-state index in [0.717, 1.165) is 12.0 Å². The van der Waals surface area contributed by atoms with Crippen LogP contribution in [0.5, 0.6) is 5.75 Å². The zero-order valence-electron chi connectivity index (χ0n) is 22.4. The van der Waals surface area contributed by atoms with E-state index in [0.29, 0.717) is 36.0 Å². The van der Waals surface area contributed by atoms with Gasteiger partial charge in [-0.25, -0.2) is 14.6 Å². The second kappa shape index (κ2) is 11.6. The number of benzene rings is 1. The summed E-state index contributed by atoms with van der Waals surface area (Å²) in [7, 11) is 0. The molecule has 0 saturated heterocycles. The lowest BCUT2D eigenvalue weighted by Crippen LogP contribution is -2.45. The van der Waals surface area contributed by atoms with Crippen molar-refractivity contribution in [2.45, 2.75) is 105 Å². The van der Waals surface area contributed by atoms with Crippen LogP contribution in [0.3, 0.4) is 0 Å². The molecule has 0 aliphatic carbocycles. The Morgan fingerprint density at radius 2 is 1.74 bits per heavy atom. The SMILES string of the molecule is CCC(CC(C)(C)OC(=O)NCc1ccc2c(c1)N=C(N)C(C)O2)NC(=O)OC(C)(C)CC(C)C. The second-order valence-corrected chi connectivity index (χ2v) is 10.8. The molecule has 0 saturated carbocycles. The number of ether oxygens (including phenoxy) is 3. The van der Waals surface area contributed by atoms with Crippen LogP contribution in [0.1, 0.15) is 80.2 Å². The number of nitrogens with two attached hydrogens (primary N) is 1. The van der Waals surface area contributed by atoms with Gasteiger partial charge in [-0.3, -0.25) is 0 Å². The summed E-state index contributed by atoms with van der Waals surface area (Å²) in [6.07, 6.45) is 0.612. The Kier molecular flexibility index (Phi) is 9.40. The van der Waals surface area contributed by atoms with Crippen molar-refractivity contribution in [3.8, 4) is 5.75 Å². The molecule has 0 spiro atoms. The zero-order chi connectivity index (χ0) is 26.4. The van der Waals surface area contributed by atoms with Gasteiger partial charge in [-0.2, -0.15) is 0 Å². The lowest BCUT2D eigenvalue weighted by atomic mass is 9.96. The average molecular weight is 491 g/mol. The number of amides is 2. The highest BCUT2D eigenvalue weighted by Gasteiger charge is 2.30. The Morgan fingerprint density at radius 3 is 2.37 bits per heavy atom. The van der Waals surface area contributed by atoms with Crippen molar-refractivity contribution >= 4 is 23.7 Å². The van der Waals surface area contributed by atoms with Gasteiger partial charge in [-0.05, 0) is 71.1 Å². The van der Waals surface area contributed by atoms with Crippen molar-refractivity contribution in [3.63, 3.8) is 0 Å². The Balaban J connectivity index is 1.86. The van der Waals surface area contributed by atoms with Crippen molar-refractivity contribution in [1.29, 1.82) is 0 Å². The molecule has 35 heavy (non-hydrogen) atoms. The molecular formula is C26H42N4O5. The van der Waals surface area contributed by atoms with Gasteiger partial charge in [0, 0.05) is 19.0 Å². The van der Waals surface area contributed by atoms with Crippen LogP contribution in [0.25, 0.3) is 0 Å². The van der Waals surface area contributed by atoms with E-state index in [1.54, 1.807) is 0 Å². The minimum Gasteiger partial charge on any atom is -0.481 e. The fraction of sp³-hybridized carbons (Fsp3) is 0.654. The predicted molar refractivity (Wildman–Crippen MR) is 137 cm³/mol. The molecule has 2 atom stereocenters. The maximum absolute atomic E-state index is 12.5. The van der Waals surface area contributed by atoms with E-state index in [1.165, 1.54) is 0 Å². The second-order valence-electron chi connectivity index (χ2n) is 10.8. The summed E-state index contributed by atoms with van der Waals surface area (Å²) in [5.41, 5.74) is 5.98. The predicted octanol–water partition coefficient (Wildman–Crippen LogP) is 5.18. The van der Waals surface area contributed by atoms with E-state index in [9.17, 15) is 9.59 Å². The molecule has 2 rings (SSSR count).